The summed E-state index contributed by atoms with van der Waals surface area (Å²) in [6.45, 7) is 3.91. The number of aromatic nitrogens is 4. The van der Waals surface area contributed by atoms with Gasteiger partial charge in [0, 0.05) is 17.9 Å². The molecule has 1 amide bonds. The van der Waals surface area contributed by atoms with E-state index in [0.29, 0.717) is 28.6 Å². The van der Waals surface area contributed by atoms with Gasteiger partial charge in [-0.3, -0.25) is 14.2 Å². The molecule has 0 spiro atoms. The summed E-state index contributed by atoms with van der Waals surface area (Å²) < 4.78 is 81.8. The minimum atomic E-state index is -5.05. The van der Waals surface area contributed by atoms with Crippen LogP contribution in [0.5, 0.6) is 0 Å². The number of aryl methyl sites for hydroxylation is 2. The summed E-state index contributed by atoms with van der Waals surface area (Å²) in [6, 6.07) is 5.81. The number of amides is 1. The van der Waals surface area contributed by atoms with Crippen LogP contribution in [0.1, 0.15) is 34.7 Å². The number of thioether (sulfide) groups is 1. The fraction of sp³-hybridized carbons (Fsp3) is 0.280. The van der Waals surface area contributed by atoms with E-state index in [-0.39, 0.29) is 23.6 Å². The van der Waals surface area contributed by atoms with E-state index in [1.165, 1.54) is 27.2 Å². The largest absolute Gasteiger partial charge is 0.416 e. The lowest BCUT2D eigenvalue weighted by Crippen LogP contribution is -2.28. The van der Waals surface area contributed by atoms with E-state index in [4.69, 9.17) is 0 Å². The highest BCUT2D eigenvalue weighted by molar-refractivity contribution is 7.99. The Balaban J connectivity index is 1.42. The highest BCUT2D eigenvalue weighted by Crippen LogP contribution is 2.38. The van der Waals surface area contributed by atoms with Crippen LogP contribution in [0, 0.1) is 13.8 Å². The Morgan fingerprint density at radius 2 is 1.69 bits per heavy atom. The van der Waals surface area contributed by atoms with Crippen molar-refractivity contribution in [3.8, 4) is 5.69 Å². The Morgan fingerprint density at radius 3 is 2.31 bits per heavy atom. The van der Waals surface area contributed by atoms with E-state index in [2.05, 4.69) is 15.4 Å². The summed E-state index contributed by atoms with van der Waals surface area (Å²) in [5, 5.41) is 6.95. The van der Waals surface area contributed by atoms with Crippen molar-refractivity contribution in [1.82, 2.24) is 19.3 Å². The third-order valence-electron chi connectivity index (χ3n) is 6.40. The molecule has 204 valence electrons. The molecule has 0 saturated heterocycles. The van der Waals surface area contributed by atoms with Crippen LogP contribution in [-0.2, 0) is 17.1 Å². The number of alkyl halides is 6. The van der Waals surface area contributed by atoms with E-state index >= 15 is 0 Å². The second-order valence-electron chi connectivity index (χ2n) is 9.14. The number of rotatable bonds is 4. The van der Waals surface area contributed by atoms with Gasteiger partial charge >= 0.3 is 12.4 Å². The van der Waals surface area contributed by atoms with E-state index < -0.39 is 46.7 Å². The number of halogens is 6. The molecule has 14 heteroatoms. The third-order valence-corrected chi connectivity index (χ3v) is 7.50. The first-order valence-electron chi connectivity index (χ1n) is 11.5. The SMILES string of the molecule is Cc1ccc(-n2ncc3c(=O)n4c(nc32)SCC4CC(=O)Nc2cc(C(F)(F)F)cc(C(F)(F)F)c2)cc1C. The van der Waals surface area contributed by atoms with Gasteiger partial charge in [-0.1, -0.05) is 17.8 Å². The van der Waals surface area contributed by atoms with Crippen LogP contribution >= 0.6 is 11.8 Å². The quantitative estimate of drug-likeness (QED) is 0.245. The van der Waals surface area contributed by atoms with Crippen molar-refractivity contribution in [3.63, 3.8) is 0 Å². The Morgan fingerprint density at radius 1 is 1.03 bits per heavy atom. The van der Waals surface area contributed by atoms with Gasteiger partial charge < -0.3 is 5.32 Å². The summed E-state index contributed by atoms with van der Waals surface area (Å²) in [5.74, 6) is -0.589. The first kappa shape index (κ1) is 26.8. The van der Waals surface area contributed by atoms with Gasteiger partial charge in [-0.25, -0.2) is 9.67 Å². The number of anilines is 1. The molecule has 1 N–H and O–H groups in total. The molecule has 0 fully saturated rings. The molecule has 3 heterocycles. The monoisotopic (exact) mass is 567 g/mol. The molecule has 0 aliphatic carbocycles. The number of carbonyl (C=O) groups is 1. The van der Waals surface area contributed by atoms with Gasteiger partial charge in [-0.2, -0.15) is 31.4 Å². The maximum atomic E-state index is 13.3. The van der Waals surface area contributed by atoms with Gasteiger partial charge in [0.15, 0.2) is 10.8 Å². The standard InChI is InChI=1S/C25H19F6N5O2S/c1-12-3-4-17(5-13(12)2)36-21-19(10-32-36)22(38)35-18(11-39-23(35)34-21)9-20(37)33-16-7-14(24(26,27)28)6-15(8-16)25(29,30)31/h3-8,10,18H,9,11H2,1-2H3,(H,33,37). The van der Waals surface area contributed by atoms with Crippen molar-refractivity contribution in [2.24, 2.45) is 0 Å². The van der Waals surface area contributed by atoms with Gasteiger partial charge in [0.05, 0.1) is 29.1 Å². The smallest absolute Gasteiger partial charge is 0.326 e. The van der Waals surface area contributed by atoms with Gasteiger partial charge in [0.25, 0.3) is 5.56 Å². The van der Waals surface area contributed by atoms with Gasteiger partial charge in [-0.15, -0.1) is 0 Å². The van der Waals surface area contributed by atoms with Crippen molar-refractivity contribution >= 4 is 34.4 Å². The number of fused-ring (bicyclic) bond motifs is 2. The molecule has 1 aliphatic rings. The highest BCUT2D eigenvalue weighted by Gasteiger charge is 2.37. The molecule has 2 aromatic carbocycles. The Kier molecular flexibility index (Phi) is 6.48. The number of hydrogen-bond donors (Lipinski definition) is 1. The normalized spacial score (nSPS) is 15.5. The second-order valence-corrected chi connectivity index (χ2v) is 10.1. The van der Waals surface area contributed by atoms with Gasteiger partial charge in [0.1, 0.15) is 5.39 Å². The second kappa shape index (κ2) is 9.43. The molecule has 5 rings (SSSR count). The number of benzene rings is 2. The van der Waals surface area contributed by atoms with Crippen LogP contribution in [0.25, 0.3) is 16.7 Å². The first-order chi connectivity index (χ1) is 18.2. The van der Waals surface area contributed by atoms with Crippen molar-refractivity contribution in [1.29, 1.82) is 0 Å². The van der Waals surface area contributed by atoms with E-state index in [1.807, 2.05) is 32.0 Å². The van der Waals surface area contributed by atoms with E-state index in [0.717, 1.165) is 11.1 Å². The van der Waals surface area contributed by atoms with Crippen LogP contribution in [-0.4, -0.2) is 31.0 Å². The number of nitrogens with zero attached hydrogens (tertiary/aromatic N) is 4. The van der Waals surface area contributed by atoms with Crippen molar-refractivity contribution < 1.29 is 31.1 Å². The summed E-state index contributed by atoms with van der Waals surface area (Å²) in [7, 11) is 0. The van der Waals surface area contributed by atoms with Crippen LogP contribution in [0.2, 0.25) is 0 Å². The molecule has 2 aromatic heterocycles. The average Bonchev–Trinajstić information content (AvgIpc) is 3.44. The first-order valence-corrected chi connectivity index (χ1v) is 12.5. The molecule has 1 unspecified atom stereocenters. The molecule has 4 aromatic rings. The molecule has 7 nitrogen and oxygen atoms in total. The Hall–Kier alpha value is -3.81. The van der Waals surface area contributed by atoms with Crippen molar-refractivity contribution in [2.45, 2.75) is 43.8 Å². The topological polar surface area (TPSA) is 81.8 Å². The fourth-order valence-corrected chi connectivity index (χ4v) is 5.41. The molecule has 39 heavy (non-hydrogen) atoms. The zero-order valence-electron chi connectivity index (χ0n) is 20.3. The number of carbonyl (C=O) groups excluding carboxylic acids is 1. The zero-order valence-corrected chi connectivity index (χ0v) is 21.1. The maximum Gasteiger partial charge on any atom is 0.416 e. The Bertz CT molecular complexity index is 1640. The lowest BCUT2D eigenvalue weighted by atomic mass is 10.1. The van der Waals surface area contributed by atoms with Crippen LogP contribution in [0.4, 0.5) is 32.0 Å². The predicted molar refractivity (Wildman–Crippen MR) is 132 cm³/mol. The van der Waals surface area contributed by atoms with Crippen molar-refractivity contribution in [2.75, 3.05) is 11.1 Å². The van der Waals surface area contributed by atoms with E-state index in [1.54, 1.807) is 0 Å². The Labute approximate surface area is 220 Å². The number of nitrogens with one attached hydrogen (secondary N) is 1. The van der Waals surface area contributed by atoms with E-state index in [9.17, 15) is 35.9 Å². The lowest BCUT2D eigenvalue weighted by Gasteiger charge is -2.16. The minimum Gasteiger partial charge on any atom is -0.326 e. The van der Waals surface area contributed by atoms with Gasteiger partial charge in [-0.05, 0) is 55.3 Å². The molecular formula is C25H19F6N5O2S. The summed E-state index contributed by atoms with van der Waals surface area (Å²) >= 11 is 1.21. The van der Waals surface area contributed by atoms with Crippen LogP contribution in [0.15, 0.2) is 52.5 Å². The maximum absolute atomic E-state index is 13.3. The number of hydrogen-bond acceptors (Lipinski definition) is 5. The van der Waals surface area contributed by atoms with Crippen molar-refractivity contribution in [3.05, 3.63) is 75.2 Å². The van der Waals surface area contributed by atoms with Crippen LogP contribution in [0.3, 0.4) is 0 Å². The summed E-state index contributed by atoms with van der Waals surface area (Å²) in [5.41, 5.74) is -1.04. The summed E-state index contributed by atoms with van der Waals surface area (Å²) in [4.78, 5) is 30.6. The summed E-state index contributed by atoms with van der Waals surface area (Å²) in [6.07, 6.45) is -9.09. The predicted octanol–water partition coefficient (Wildman–Crippen LogP) is 5.91. The van der Waals surface area contributed by atoms with Crippen LogP contribution < -0.4 is 10.9 Å². The minimum absolute atomic E-state index is 0.0198. The highest BCUT2D eigenvalue weighted by atomic mass is 32.2. The lowest BCUT2D eigenvalue weighted by molar-refractivity contribution is -0.143. The molecular weight excluding hydrogens is 548 g/mol. The molecule has 0 saturated carbocycles. The molecule has 1 aliphatic heterocycles. The fourth-order valence-electron chi connectivity index (χ4n) is 4.28. The zero-order chi connectivity index (χ0) is 28.3. The molecule has 0 bridgehead atoms. The molecule has 0 radical (unpaired) electrons. The average molecular weight is 568 g/mol. The molecule has 1 atom stereocenters. The van der Waals surface area contributed by atoms with Gasteiger partial charge in [0.2, 0.25) is 5.91 Å². The third kappa shape index (κ3) is 5.12.